The van der Waals surface area contributed by atoms with Gasteiger partial charge in [0.1, 0.15) is 11.2 Å². The van der Waals surface area contributed by atoms with Crippen molar-refractivity contribution in [3.63, 3.8) is 0 Å². The molecule has 12 nitrogen and oxygen atoms in total. The zero-order chi connectivity index (χ0) is 39.2. The molecule has 2 amide bonds. The highest BCUT2D eigenvalue weighted by atomic mass is 35.5. The second-order valence-electron chi connectivity index (χ2n) is 12.7. The lowest BCUT2D eigenvalue weighted by molar-refractivity contribution is -0.145. The van der Waals surface area contributed by atoms with Crippen LogP contribution in [-0.4, -0.2) is 58.2 Å². The van der Waals surface area contributed by atoms with Crippen molar-refractivity contribution < 1.29 is 45.4 Å². The number of carbonyl (C=O) groups excluding carboxylic acids is 2. The first-order valence-electron chi connectivity index (χ1n) is 14.9. The maximum Gasteiger partial charge on any atom is 0.451 e. The smallest absolute Gasteiger partial charge is 0.443 e. The number of halogens is 9. The third kappa shape index (κ3) is 13.5. The number of aromatic nitrogens is 6. The predicted molar refractivity (Wildman–Crippen MR) is 184 cm³/mol. The number of pyridine rings is 2. The minimum atomic E-state index is -4.68. The number of imide groups is 1. The van der Waals surface area contributed by atoms with Crippen LogP contribution < -0.4 is 5.73 Å². The van der Waals surface area contributed by atoms with E-state index in [9.17, 15) is 35.9 Å². The molecule has 288 valence electrons. The van der Waals surface area contributed by atoms with E-state index in [0.29, 0.717) is 21.8 Å². The maximum atomic E-state index is 12.7. The average molecular weight is 814 g/mol. The molecular formula is C32H33Cl3F6N8O4. The maximum absolute atomic E-state index is 12.7. The molecule has 21 heteroatoms. The first-order valence-corrected chi connectivity index (χ1v) is 15.6. The Hall–Kier alpha value is -4.39. The predicted octanol–water partition coefficient (Wildman–Crippen LogP) is 8.97. The van der Waals surface area contributed by atoms with Gasteiger partial charge in [0.15, 0.2) is 0 Å². The number of hydrogen-bond donors (Lipinski definition) is 1. The van der Waals surface area contributed by atoms with Crippen molar-refractivity contribution in [1.82, 2.24) is 34.8 Å². The molecule has 0 saturated heterocycles. The fourth-order valence-electron chi connectivity index (χ4n) is 3.78. The van der Waals surface area contributed by atoms with Crippen molar-refractivity contribution in [3.8, 4) is 22.5 Å². The van der Waals surface area contributed by atoms with Gasteiger partial charge in [-0.15, -0.1) is 12.4 Å². The summed E-state index contributed by atoms with van der Waals surface area (Å²) in [6.07, 6.45) is -4.47. The summed E-state index contributed by atoms with van der Waals surface area (Å²) in [4.78, 5) is 47.4. The van der Waals surface area contributed by atoms with Gasteiger partial charge in [-0.1, -0.05) is 23.2 Å². The Balaban J connectivity index is 0.000000412. The van der Waals surface area contributed by atoms with E-state index in [-0.39, 0.29) is 47.3 Å². The topological polar surface area (TPSA) is 159 Å². The highest BCUT2D eigenvalue weighted by Gasteiger charge is 2.35. The number of amides is 2. The van der Waals surface area contributed by atoms with Crippen LogP contribution in [-0.2, 0) is 34.9 Å². The van der Waals surface area contributed by atoms with E-state index in [1.54, 1.807) is 47.6 Å². The molecule has 0 aliphatic rings. The lowest BCUT2D eigenvalue weighted by Crippen LogP contribution is -2.43. The van der Waals surface area contributed by atoms with Gasteiger partial charge in [0.25, 0.3) is 0 Å². The molecule has 0 fully saturated rings. The summed E-state index contributed by atoms with van der Waals surface area (Å²) in [5.74, 6) is -2.48. The monoisotopic (exact) mass is 812 g/mol. The van der Waals surface area contributed by atoms with Crippen molar-refractivity contribution in [2.45, 2.75) is 78.2 Å². The third-order valence-corrected chi connectivity index (χ3v) is 6.73. The van der Waals surface area contributed by atoms with Crippen LogP contribution in [0, 0.1) is 0 Å². The summed E-state index contributed by atoms with van der Waals surface area (Å²) in [5.41, 5.74) is 5.78. The van der Waals surface area contributed by atoms with E-state index < -0.39 is 47.4 Å². The molecule has 4 aromatic rings. The van der Waals surface area contributed by atoms with Crippen LogP contribution in [0.15, 0.2) is 49.3 Å². The molecule has 0 bridgehead atoms. The molecule has 4 heterocycles. The normalized spacial score (nSPS) is 11.8. The van der Waals surface area contributed by atoms with Crippen molar-refractivity contribution >= 4 is 47.8 Å². The number of carbonyl (C=O) groups is 2. The van der Waals surface area contributed by atoms with E-state index in [2.05, 4.69) is 29.9 Å². The molecule has 4 aromatic heterocycles. The lowest BCUT2D eigenvalue weighted by Gasteiger charge is -2.28. The van der Waals surface area contributed by atoms with E-state index in [1.807, 2.05) is 0 Å². The minimum Gasteiger partial charge on any atom is -0.443 e. The number of ether oxygens (including phenoxy) is 2. The zero-order valence-corrected chi connectivity index (χ0v) is 31.1. The van der Waals surface area contributed by atoms with Gasteiger partial charge in [0.05, 0.1) is 28.0 Å². The average Bonchev–Trinajstić information content (AvgIpc) is 3.02. The second kappa shape index (κ2) is 17.6. The van der Waals surface area contributed by atoms with Crippen LogP contribution in [0.4, 0.5) is 35.9 Å². The summed E-state index contributed by atoms with van der Waals surface area (Å²) in [6, 6.07) is 3.00. The molecule has 0 aliphatic heterocycles. The Bertz CT molecular complexity index is 1840. The van der Waals surface area contributed by atoms with Crippen LogP contribution in [0.3, 0.4) is 0 Å². The summed E-state index contributed by atoms with van der Waals surface area (Å²) in [5, 5.41) is 0.516. The molecule has 0 atom stereocenters. The van der Waals surface area contributed by atoms with E-state index >= 15 is 0 Å². The highest BCUT2D eigenvalue weighted by molar-refractivity contribution is 6.31. The Morgan fingerprint density at radius 1 is 0.642 bits per heavy atom. The first kappa shape index (κ1) is 44.8. The molecule has 2 N–H and O–H groups in total. The lowest BCUT2D eigenvalue weighted by atomic mass is 10.1. The second-order valence-corrected chi connectivity index (χ2v) is 13.5. The molecule has 0 saturated carbocycles. The van der Waals surface area contributed by atoms with Crippen LogP contribution in [0.25, 0.3) is 22.5 Å². The largest absolute Gasteiger partial charge is 0.451 e. The summed E-state index contributed by atoms with van der Waals surface area (Å²) in [6.45, 7) is 9.71. The standard InChI is InChI=1S/C21H24ClF3N4O4.C11H8ClF3N4.ClH/c1-19(2,3)32-17(30)29(18(31)33-20(4,5)6)11-12-7-15(26-10-14(12)22)13-8-27-16(28-9-13)21(23,24)25;12-8-5-17-9(1-6(8)2-16)7-3-18-10(19-4-7)11(13,14)15;/h7-10H,11H2,1-6H3;1,3-5H,2,16H2;1H. The Morgan fingerprint density at radius 2 is 0.981 bits per heavy atom. The zero-order valence-electron chi connectivity index (χ0n) is 28.8. The van der Waals surface area contributed by atoms with Crippen LogP contribution in [0.5, 0.6) is 0 Å². The van der Waals surface area contributed by atoms with E-state index in [1.165, 1.54) is 18.5 Å². The minimum absolute atomic E-state index is 0. The molecule has 0 spiro atoms. The fourth-order valence-corrected chi connectivity index (χ4v) is 4.12. The van der Waals surface area contributed by atoms with Crippen molar-refractivity contribution in [2.75, 3.05) is 0 Å². The number of hydrogen-bond acceptors (Lipinski definition) is 11. The quantitative estimate of drug-likeness (QED) is 0.192. The van der Waals surface area contributed by atoms with Crippen molar-refractivity contribution in [1.29, 1.82) is 0 Å². The molecule has 4 rings (SSSR count). The SMILES string of the molecule is CC(C)(C)OC(=O)N(Cc1cc(-c2cnc(C(F)(F)F)nc2)ncc1Cl)C(=O)OC(C)(C)C.Cl.NCc1cc(-c2cnc(C(F)(F)F)nc2)ncc1Cl. The Kier molecular flexibility index (Phi) is 14.9. The van der Waals surface area contributed by atoms with Crippen molar-refractivity contribution in [3.05, 3.63) is 82.1 Å². The number of nitrogens with zero attached hydrogens (tertiary/aromatic N) is 7. The summed E-state index contributed by atoms with van der Waals surface area (Å²) < 4.78 is 85.7. The number of nitrogens with two attached hydrogens (primary N) is 1. The summed E-state index contributed by atoms with van der Waals surface area (Å²) in [7, 11) is 0. The van der Waals surface area contributed by atoms with Crippen LogP contribution in [0.2, 0.25) is 10.0 Å². The van der Waals surface area contributed by atoms with Gasteiger partial charge in [-0.2, -0.15) is 26.3 Å². The number of rotatable bonds is 5. The van der Waals surface area contributed by atoms with Crippen LogP contribution >= 0.6 is 35.6 Å². The van der Waals surface area contributed by atoms with E-state index in [0.717, 1.165) is 29.7 Å². The van der Waals surface area contributed by atoms with E-state index in [4.69, 9.17) is 38.4 Å². The number of alkyl halides is 6. The Labute approximate surface area is 315 Å². The van der Waals surface area contributed by atoms with Crippen molar-refractivity contribution in [2.24, 2.45) is 5.73 Å². The fraction of sp³-hybridized carbons (Fsp3) is 0.375. The molecule has 0 aliphatic carbocycles. The van der Waals surface area contributed by atoms with Gasteiger partial charge in [-0.25, -0.2) is 34.4 Å². The summed E-state index contributed by atoms with van der Waals surface area (Å²) >= 11 is 12.1. The first-order chi connectivity index (χ1) is 23.9. The Morgan fingerprint density at radius 3 is 1.30 bits per heavy atom. The molecule has 0 aromatic carbocycles. The van der Waals surface area contributed by atoms with Crippen LogP contribution in [0.1, 0.15) is 64.3 Å². The molecule has 0 radical (unpaired) electrons. The van der Waals surface area contributed by atoms with Gasteiger partial charge in [-0.05, 0) is 64.8 Å². The van der Waals surface area contributed by atoms with Gasteiger partial charge in [0.2, 0.25) is 11.6 Å². The van der Waals surface area contributed by atoms with Gasteiger partial charge >= 0.3 is 24.5 Å². The molecule has 53 heavy (non-hydrogen) atoms. The third-order valence-electron chi connectivity index (χ3n) is 6.05. The highest BCUT2D eigenvalue weighted by Crippen LogP contribution is 2.30. The molecule has 0 unspecified atom stereocenters. The van der Waals surface area contributed by atoms with Gasteiger partial charge in [0, 0.05) is 54.9 Å². The van der Waals surface area contributed by atoms with Gasteiger partial charge in [-0.3, -0.25) is 9.97 Å². The molecular weight excluding hydrogens is 781 g/mol. The van der Waals surface area contributed by atoms with Gasteiger partial charge < -0.3 is 15.2 Å².